The average molecular weight is 192 g/mol. The SMILES string of the molecule is CCOC(=O)c1nnc2ccncn12. The first kappa shape index (κ1) is 8.61. The van der Waals surface area contributed by atoms with Crippen LogP contribution in [0.15, 0.2) is 18.6 Å². The first-order chi connectivity index (χ1) is 6.83. The van der Waals surface area contributed by atoms with Crippen LogP contribution in [0.2, 0.25) is 0 Å². The van der Waals surface area contributed by atoms with Gasteiger partial charge in [0, 0.05) is 12.3 Å². The maximum Gasteiger partial charge on any atom is 0.376 e. The van der Waals surface area contributed by atoms with Crippen molar-refractivity contribution < 1.29 is 9.53 Å². The van der Waals surface area contributed by atoms with Crippen LogP contribution in [0.3, 0.4) is 0 Å². The fourth-order valence-corrected chi connectivity index (χ4v) is 1.08. The molecule has 0 saturated heterocycles. The van der Waals surface area contributed by atoms with Crippen molar-refractivity contribution in [2.45, 2.75) is 6.92 Å². The quantitative estimate of drug-likeness (QED) is 0.640. The van der Waals surface area contributed by atoms with Crippen molar-refractivity contribution in [2.75, 3.05) is 6.61 Å². The molecule has 0 bridgehead atoms. The molecule has 2 aromatic rings. The zero-order valence-electron chi connectivity index (χ0n) is 7.54. The van der Waals surface area contributed by atoms with Crippen LogP contribution in [-0.2, 0) is 4.74 Å². The Hall–Kier alpha value is -1.98. The Morgan fingerprint density at radius 1 is 1.57 bits per heavy atom. The number of carbonyl (C=O) groups is 1. The van der Waals surface area contributed by atoms with Gasteiger partial charge in [0.15, 0.2) is 5.65 Å². The summed E-state index contributed by atoms with van der Waals surface area (Å²) in [4.78, 5) is 15.2. The summed E-state index contributed by atoms with van der Waals surface area (Å²) in [7, 11) is 0. The molecule has 0 fully saturated rings. The lowest BCUT2D eigenvalue weighted by Crippen LogP contribution is -2.09. The number of hydrogen-bond donors (Lipinski definition) is 0. The van der Waals surface area contributed by atoms with Gasteiger partial charge in [-0.1, -0.05) is 0 Å². The highest BCUT2D eigenvalue weighted by Gasteiger charge is 2.14. The van der Waals surface area contributed by atoms with E-state index < -0.39 is 5.97 Å². The number of hydrogen-bond acceptors (Lipinski definition) is 5. The van der Waals surface area contributed by atoms with Crippen molar-refractivity contribution in [2.24, 2.45) is 0 Å². The number of nitrogens with zero attached hydrogens (tertiary/aromatic N) is 4. The van der Waals surface area contributed by atoms with Crippen molar-refractivity contribution in [3.8, 4) is 0 Å². The number of ether oxygens (including phenoxy) is 1. The Labute approximate surface area is 79.5 Å². The van der Waals surface area contributed by atoms with Gasteiger partial charge in [0.25, 0.3) is 0 Å². The molecule has 0 radical (unpaired) electrons. The molecule has 2 aromatic heterocycles. The molecule has 72 valence electrons. The highest BCUT2D eigenvalue weighted by molar-refractivity contribution is 5.86. The Bertz CT molecular complexity index is 465. The number of rotatable bonds is 2. The van der Waals surface area contributed by atoms with Gasteiger partial charge in [-0.2, -0.15) is 0 Å². The third kappa shape index (κ3) is 1.30. The van der Waals surface area contributed by atoms with Gasteiger partial charge in [-0.3, -0.25) is 4.40 Å². The lowest BCUT2D eigenvalue weighted by Gasteiger charge is -1.98. The maximum absolute atomic E-state index is 11.3. The molecule has 0 aliphatic carbocycles. The highest BCUT2D eigenvalue weighted by atomic mass is 16.5. The number of aromatic nitrogens is 4. The van der Waals surface area contributed by atoms with E-state index in [0.717, 1.165) is 0 Å². The monoisotopic (exact) mass is 192 g/mol. The molecular weight excluding hydrogens is 184 g/mol. The fourth-order valence-electron chi connectivity index (χ4n) is 1.08. The number of esters is 1. The van der Waals surface area contributed by atoms with E-state index in [4.69, 9.17) is 4.74 Å². The molecule has 6 nitrogen and oxygen atoms in total. The van der Waals surface area contributed by atoms with E-state index >= 15 is 0 Å². The van der Waals surface area contributed by atoms with E-state index in [2.05, 4.69) is 15.2 Å². The lowest BCUT2D eigenvalue weighted by molar-refractivity contribution is 0.0510. The molecule has 0 spiro atoms. The zero-order chi connectivity index (χ0) is 9.97. The molecule has 0 aliphatic heterocycles. The Kier molecular flexibility index (Phi) is 2.10. The van der Waals surface area contributed by atoms with Crippen LogP contribution in [-0.4, -0.2) is 32.2 Å². The van der Waals surface area contributed by atoms with Gasteiger partial charge in [-0.05, 0) is 6.92 Å². The second-order valence-electron chi connectivity index (χ2n) is 2.55. The smallest absolute Gasteiger partial charge is 0.376 e. The van der Waals surface area contributed by atoms with Crippen LogP contribution in [0.25, 0.3) is 5.65 Å². The maximum atomic E-state index is 11.3. The summed E-state index contributed by atoms with van der Waals surface area (Å²) in [5, 5.41) is 7.51. The van der Waals surface area contributed by atoms with Gasteiger partial charge in [-0.15, -0.1) is 10.2 Å². The minimum absolute atomic E-state index is 0.148. The topological polar surface area (TPSA) is 69.4 Å². The Morgan fingerprint density at radius 2 is 2.43 bits per heavy atom. The molecule has 6 heteroatoms. The summed E-state index contributed by atoms with van der Waals surface area (Å²) in [5.41, 5.74) is 0.572. The average Bonchev–Trinajstić information content (AvgIpc) is 2.61. The highest BCUT2D eigenvalue weighted by Crippen LogP contribution is 2.02. The first-order valence-electron chi connectivity index (χ1n) is 4.15. The summed E-state index contributed by atoms with van der Waals surface area (Å²) in [6, 6.07) is 1.66. The van der Waals surface area contributed by atoms with Crippen LogP contribution >= 0.6 is 0 Å². The summed E-state index contributed by atoms with van der Waals surface area (Å²) < 4.78 is 6.29. The molecule has 2 rings (SSSR count). The second kappa shape index (κ2) is 3.41. The van der Waals surface area contributed by atoms with Gasteiger partial charge < -0.3 is 4.74 Å². The molecule has 0 atom stereocenters. The van der Waals surface area contributed by atoms with Gasteiger partial charge >= 0.3 is 5.97 Å². The van der Waals surface area contributed by atoms with E-state index in [1.807, 2.05) is 0 Å². The third-order valence-corrected chi connectivity index (χ3v) is 1.67. The molecule has 14 heavy (non-hydrogen) atoms. The molecule has 0 unspecified atom stereocenters. The Balaban J connectivity index is 2.47. The first-order valence-corrected chi connectivity index (χ1v) is 4.15. The minimum Gasteiger partial charge on any atom is -0.460 e. The van der Waals surface area contributed by atoms with Crippen LogP contribution < -0.4 is 0 Å². The summed E-state index contributed by atoms with van der Waals surface area (Å²) in [5.74, 6) is -0.344. The van der Waals surface area contributed by atoms with Crippen molar-refractivity contribution in [3.05, 3.63) is 24.4 Å². The van der Waals surface area contributed by atoms with Gasteiger partial charge in [0.2, 0.25) is 5.82 Å². The number of carbonyl (C=O) groups excluding carboxylic acids is 1. The molecule has 0 N–H and O–H groups in total. The van der Waals surface area contributed by atoms with Crippen molar-refractivity contribution >= 4 is 11.6 Å². The molecule has 0 amide bonds. The van der Waals surface area contributed by atoms with E-state index in [0.29, 0.717) is 12.3 Å². The molecule has 2 heterocycles. The third-order valence-electron chi connectivity index (χ3n) is 1.67. The fraction of sp³-hybridized carbons (Fsp3) is 0.250. The predicted molar refractivity (Wildman–Crippen MR) is 46.7 cm³/mol. The standard InChI is InChI=1S/C8H8N4O2/c1-2-14-8(13)7-11-10-6-3-4-9-5-12(6)7/h3-5H,2H2,1H3. The second-order valence-corrected chi connectivity index (χ2v) is 2.55. The van der Waals surface area contributed by atoms with Crippen LogP contribution in [0.1, 0.15) is 17.5 Å². The molecule has 0 saturated carbocycles. The summed E-state index contributed by atoms with van der Waals surface area (Å²) >= 11 is 0. The predicted octanol–water partition coefficient (Wildman–Crippen LogP) is 0.301. The molecule has 0 aromatic carbocycles. The largest absolute Gasteiger partial charge is 0.460 e. The van der Waals surface area contributed by atoms with E-state index in [1.165, 1.54) is 10.7 Å². The summed E-state index contributed by atoms with van der Waals surface area (Å²) in [6.07, 6.45) is 3.06. The Morgan fingerprint density at radius 3 is 3.21 bits per heavy atom. The normalized spacial score (nSPS) is 10.4. The van der Waals surface area contributed by atoms with Crippen molar-refractivity contribution in [1.82, 2.24) is 19.6 Å². The molecule has 0 aliphatic rings. The minimum atomic E-state index is -0.493. The van der Waals surface area contributed by atoms with Gasteiger partial charge in [0.05, 0.1) is 6.61 Å². The van der Waals surface area contributed by atoms with Crippen LogP contribution in [0, 0.1) is 0 Å². The lowest BCUT2D eigenvalue weighted by atomic mass is 10.5. The van der Waals surface area contributed by atoms with E-state index in [-0.39, 0.29) is 5.82 Å². The van der Waals surface area contributed by atoms with Crippen molar-refractivity contribution in [1.29, 1.82) is 0 Å². The van der Waals surface area contributed by atoms with E-state index in [9.17, 15) is 4.79 Å². The number of fused-ring (bicyclic) bond motifs is 1. The zero-order valence-corrected chi connectivity index (χ0v) is 7.54. The van der Waals surface area contributed by atoms with Crippen molar-refractivity contribution in [3.63, 3.8) is 0 Å². The van der Waals surface area contributed by atoms with Crippen LogP contribution in [0.5, 0.6) is 0 Å². The summed E-state index contributed by atoms with van der Waals surface area (Å²) in [6.45, 7) is 2.05. The van der Waals surface area contributed by atoms with Crippen LogP contribution in [0.4, 0.5) is 0 Å². The molecular formula is C8H8N4O2. The van der Waals surface area contributed by atoms with Gasteiger partial charge in [-0.25, -0.2) is 9.78 Å². The van der Waals surface area contributed by atoms with Gasteiger partial charge in [0.1, 0.15) is 6.33 Å². The van der Waals surface area contributed by atoms with E-state index in [1.54, 1.807) is 19.2 Å².